The zero-order chi connectivity index (χ0) is 20.3. The van der Waals surface area contributed by atoms with Crippen molar-refractivity contribution in [3.05, 3.63) is 34.8 Å². The third kappa shape index (κ3) is 4.82. The van der Waals surface area contributed by atoms with E-state index in [1.807, 2.05) is 6.92 Å². The van der Waals surface area contributed by atoms with Gasteiger partial charge in [0, 0.05) is 17.6 Å². The summed E-state index contributed by atoms with van der Waals surface area (Å²) in [5.41, 5.74) is 0.740. The summed E-state index contributed by atoms with van der Waals surface area (Å²) in [5, 5.41) is 0.636. The maximum Gasteiger partial charge on any atom is 0.401 e. The topological polar surface area (TPSA) is 51.7 Å². The Hall–Kier alpha value is -2.13. The van der Waals surface area contributed by atoms with Crippen LogP contribution in [0.2, 0.25) is 0 Å². The van der Waals surface area contributed by atoms with Gasteiger partial charge in [-0.1, -0.05) is 6.07 Å². The fourth-order valence-electron chi connectivity index (χ4n) is 3.22. The summed E-state index contributed by atoms with van der Waals surface area (Å²) >= 11 is 1.42. The van der Waals surface area contributed by atoms with Crippen molar-refractivity contribution < 1.29 is 27.4 Å². The number of likely N-dealkylation sites (tertiary alicyclic amines) is 1. The number of alkyl halides is 3. The Balaban J connectivity index is 1.99. The van der Waals surface area contributed by atoms with Crippen molar-refractivity contribution in [3.63, 3.8) is 0 Å². The van der Waals surface area contributed by atoms with Gasteiger partial charge in [-0.25, -0.2) is 9.78 Å². The smallest absolute Gasteiger partial charge is 0.401 e. The van der Waals surface area contributed by atoms with Crippen LogP contribution in [0.25, 0.3) is 10.6 Å². The third-order valence-corrected chi connectivity index (χ3v) is 5.41. The number of para-hydroxylation sites is 1. The van der Waals surface area contributed by atoms with E-state index in [-0.39, 0.29) is 17.9 Å². The molecule has 0 bridgehead atoms. The van der Waals surface area contributed by atoms with Gasteiger partial charge >= 0.3 is 12.1 Å². The summed E-state index contributed by atoms with van der Waals surface area (Å²) in [6.45, 7) is 1.14. The molecule has 1 unspecified atom stereocenters. The molecule has 1 aliphatic rings. The number of aromatic nitrogens is 1. The van der Waals surface area contributed by atoms with Crippen molar-refractivity contribution in [2.24, 2.45) is 0 Å². The number of rotatable bonds is 5. The van der Waals surface area contributed by atoms with Crippen LogP contribution in [0.4, 0.5) is 13.2 Å². The average molecular weight is 414 g/mol. The van der Waals surface area contributed by atoms with Crippen LogP contribution in [0.5, 0.6) is 5.75 Å². The van der Waals surface area contributed by atoms with Crippen LogP contribution in [-0.4, -0.2) is 48.5 Å². The molecular weight excluding hydrogens is 393 g/mol. The molecule has 0 aliphatic carbocycles. The van der Waals surface area contributed by atoms with E-state index in [0.717, 1.165) is 11.3 Å². The maximum absolute atomic E-state index is 13.0. The second-order valence-corrected chi connectivity index (χ2v) is 7.84. The summed E-state index contributed by atoms with van der Waals surface area (Å²) in [5.74, 6) is -0.397. The summed E-state index contributed by atoms with van der Waals surface area (Å²) in [4.78, 5) is 18.8. The molecular formula is C19H21F3N2O3S. The van der Waals surface area contributed by atoms with Gasteiger partial charge < -0.3 is 9.47 Å². The summed E-state index contributed by atoms with van der Waals surface area (Å²) in [6, 6.07) is 4.97. The molecule has 0 N–H and O–H groups in total. The van der Waals surface area contributed by atoms with Crippen molar-refractivity contribution >= 4 is 17.3 Å². The first-order chi connectivity index (χ1) is 13.3. The Morgan fingerprint density at radius 3 is 2.79 bits per heavy atom. The van der Waals surface area contributed by atoms with E-state index in [1.165, 1.54) is 23.3 Å². The standard InChI is InChI=1S/C19H21F3N2O3S/c1-12-10-23-17(28-12)13-6-5-7-14(18(25)26-2)16(13)27-15-8-3-4-9-24(15)11-19(20,21)22/h5-7,10,15H,3-4,8-9,11H2,1-2H3. The van der Waals surface area contributed by atoms with Crippen LogP contribution in [-0.2, 0) is 4.74 Å². The fourth-order valence-corrected chi connectivity index (χ4v) is 4.01. The zero-order valence-electron chi connectivity index (χ0n) is 15.6. The molecule has 1 atom stereocenters. The number of benzene rings is 1. The molecule has 152 valence electrons. The molecule has 0 saturated carbocycles. The highest BCUT2D eigenvalue weighted by atomic mass is 32.1. The quantitative estimate of drug-likeness (QED) is 0.666. The number of carbonyl (C=O) groups is 1. The Morgan fingerprint density at radius 1 is 1.36 bits per heavy atom. The number of methoxy groups -OCH3 is 1. The normalized spacial score (nSPS) is 18.1. The van der Waals surface area contributed by atoms with E-state index in [9.17, 15) is 18.0 Å². The molecule has 2 aromatic rings. The van der Waals surface area contributed by atoms with Crippen LogP contribution in [0.1, 0.15) is 34.5 Å². The highest BCUT2D eigenvalue weighted by molar-refractivity contribution is 7.15. The predicted molar refractivity (Wildman–Crippen MR) is 99.5 cm³/mol. The molecule has 1 aromatic heterocycles. The Labute approximate surface area is 165 Å². The molecule has 0 spiro atoms. The molecule has 9 heteroatoms. The van der Waals surface area contributed by atoms with Crippen LogP contribution in [0, 0.1) is 6.92 Å². The molecule has 2 heterocycles. The lowest BCUT2D eigenvalue weighted by Crippen LogP contribution is -2.47. The van der Waals surface area contributed by atoms with E-state index in [0.29, 0.717) is 23.4 Å². The number of piperidine rings is 1. The summed E-state index contributed by atoms with van der Waals surface area (Å²) in [6.07, 6.45) is -1.53. The van der Waals surface area contributed by atoms with Crippen molar-refractivity contribution in [1.29, 1.82) is 0 Å². The lowest BCUT2D eigenvalue weighted by atomic mass is 10.1. The molecule has 1 aromatic carbocycles. The van der Waals surface area contributed by atoms with E-state index < -0.39 is 24.9 Å². The monoisotopic (exact) mass is 414 g/mol. The van der Waals surface area contributed by atoms with E-state index >= 15 is 0 Å². The first-order valence-electron chi connectivity index (χ1n) is 8.90. The third-order valence-electron chi connectivity index (χ3n) is 4.46. The summed E-state index contributed by atoms with van der Waals surface area (Å²) < 4.78 is 49.8. The number of hydrogen-bond donors (Lipinski definition) is 0. The second-order valence-electron chi connectivity index (χ2n) is 6.60. The van der Waals surface area contributed by atoms with Gasteiger partial charge in [-0.3, -0.25) is 4.90 Å². The highest BCUT2D eigenvalue weighted by Gasteiger charge is 2.36. The number of thiazole rings is 1. The number of ether oxygens (including phenoxy) is 2. The Kier molecular flexibility index (Phi) is 6.24. The van der Waals surface area contributed by atoms with Gasteiger partial charge in [0.1, 0.15) is 16.3 Å². The average Bonchev–Trinajstić information content (AvgIpc) is 3.08. The molecule has 5 nitrogen and oxygen atoms in total. The lowest BCUT2D eigenvalue weighted by molar-refractivity contribution is -0.167. The maximum atomic E-state index is 13.0. The van der Waals surface area contributed by atoms with Gasteiger partial charge in [-0.15, -0.1) is 11.3 Å². The Bertz CT molecular complexity index is 838. The number of aryl methyl sites for hydroxylation is 1. The predicted octanol–water partition coefficient (Wildman–Crippen LogP) is 4.66. The molecule has 1 aliphatic heterocycles. The van der Waals surface area contributed by atoms with Crippen LogP contribution >= 0.6 is 11.3 Å². The van der Waals surface area contributed by atoms with Crippen LogP contribution < -0.4 is 4.74 Å². The second kappa shape index (κ2) is 8.48. The van der Waals surface area contributed by atoms with E-state index in [4.69, 9.17) is 9.47 Å². The first-order valence-corrected chi connectivity index (χ1v) is 9.71. The molecule has 28 heavy (non-hydrogen) atoms. The number of carbonyl (C=O) groups excluding carboxylic acids is 1. The van der Waals surface area contributed by atoms with Crippen LogP contribution in [0.3, 0.4) is 0 Å². The van der Waals surface area contributed by atoms with Gasteiger partial charge in [0.15, 0.2) is 6.23 Å². The number of esters is 1. The molecule has 0 radical (unpaired) electrons. The minimum atomic E-state index is -4.32. The van der Waals surface area contributed by atoms with Gasteiger partial charge in [-0.05, 0) is 38.3 Å². The number of hydrogen-bond acceptors (Lipinski definition) is 6. The fraction of sp³-hybridized carbons (Fsp3) is 0.474. The van der Waals surface area contributed by atoms with Crippen molar-refractivity contribution in [2.75, 3.05) is 20.2 Å². The Morgan fingerprint density at radius 2 is 2.14 bits per heavy atom. The van der Waals surface area contributed by atoms with Crippen molar-refractivity contribution in [3.8, 4) is 16.3 Å². The molecule has 3 rings (SSSR count). The van der Waals surface area contributed by atoms with Gasteiger partial charge in [-0.2, -0.15) is 13.2 Å². The molecule has 0 amide bonds. The molecule has 1 fully saturated rings. The zero-order valence-corrected chi connectivity index (χ0v) is 16.4. The summed E-state index contributed by atoms with van der Waals surface area (Å²) in [7, 11) is 1.25. The van der Waals surface area contributed by atoms with Crippen molar-refractivity contribution in [2.45, 2.75) is 38.6 Å². The SMILES string of the molecule is COC(=O)c1cccc(-c2ncc(C)s2)c1OC1CCCCN1CC(F)(F)F. The van der Waals surface area contributed by atoms with E-state index in [1.54, 1.807) is 24.4 Å². The van der Waals surface area contributed by atoms with Gasteiger partial charge in [0.2, 0.25) is 0 Å². The minimum Gasteiger partial charge on any atom is -0.473 e. The van der Waals surface area contributed by atoms with Gasteiger partial charge in [0.05, 0.1) is 19.2 Å². The lowest BCUT2D eigenvalue weighted by Gasteiger charge is -2.36. The van der Waals surface area contributed by atoms with Gasteiger partial charge in [0.25, 0.3) is 0 Å². The number of nitrogens with zero attached hydrogens (tertiary/aromatic N) is 2. The molecule has 1 saturated heterocycles. The largest absolute Gasteiger partial charge is 0.473 e. The first kappa shape index (κ1) is 20.6. The van der Waals surface area contributed by atoms with Crippen LogP contribution in [0.15, 0.2) is 24.4 Å². The van der Waals surface area contributed by atoms with Crippen molar-refractivity contribution in [1.82, 2.24) is 9.88 Å². The highest BCUT2D eigenvalue weighted by Crippen LogP contribution is 2.38. The number of halogens is 3. The minimum absolute atomic E-state index is 0.172. The van der Waals surface area contributed by atoms with E-state index in [2.05, 4.69) is 4.98 Å².